The SMILES string of the molecule is CCn1cncc1COc1cccc(CNC(C)(C)C)c1. The van der Waals surface area contributed by atoms with Crippen LogP contribution >= 0.6 is 0 Å². The quantitative estimate of drug-likeness (QED) is 0.885. The van der Waals surface area contributed by atoms with Crippen molar-refractivity contribution in [1.29, 1.82) is 0 Å². The molecule has 0 aliphatic heterocycles. The van der Waals surface area contributed by atoms with Crippen LogP contribution in [0.25, 0.3) is 0 Å². The molecule has 4 nitrogen and oxygen atoms in total. The molecule has 114 valence electrons. The van der Waals surface area contributed by atoms with E-state index in [1.807, 2.05) is 24.7 Å². The van der Waals surface area contributed by atoms with Crippen LogP contribution in [0, 0.1) is 0 Å². The summed E-state index contributed by atoms with van der Waals surface area (Å²) in [6.07, 6.45) is 3.69. The summed E-state index contributed by atoms with van der Waals surface area (Å²) in [4.78, 5) is 4.15. The molecule has 0 atom stereocenters. The lowest BCUT2D eigenvalue weighted by Crippen LogP contribution is -2.35. The lowest BCUT2D eigenvalue weighted by Gasteiger charge is -2.20. The van der Waals surface area contributed by atoms with Crippen LogP contribution in [0.4, 0.5) is 0 Å². The Morgan fingerprint density at radius 2 is 2.10 bits per heavy atom. The standard InChI is InChI=1S/C17H25N3O/c1-5-20-13-18-11-15(20)12-21-16-8-6-7-14(9-16)10-19-17(2,3)4/h6-9,11,13,19H,5,10,12H2,1-4H3. The van der Waals surface area contributed by atoms with Crippen LogP contribution in [0.2, 0.25) is 0 Å². The van der Waals surface area contributed by atoms with Crippen molar-refractivity contribution < 1.29 is 4.74 Å². The maximum atomic E-state index is 5.88. The fourth-order valence-corrected chi connectivity index (χ4v) is 2.02. The van der Waals surface area contributed by atoms with Gasteiger partial charge < -0.3 is 14.6 Å². The van der Waals surface area contributed by atoms with Gasteiger partial charge in [-0.05, 0) is 45.4 Å². The predicted molar refractivity (Wildman–Crippen MR) is 85.3 cm³/mol. The summed E-state index contributed by atoms with van der Waals surface area (Å²) in [5, 5.41) is 3.48. The van der Waals surface area contributed by atoms with Crippen LogP contribution < -0.4 is 10.1 Å². The fraction of sp³-hybridized carbons (Fsp3) is 0.471. The van der Waals surface area contributed by atoms with Gasteiger partial charge in [-0.2, -0.15) is 0 Å². The Kier molecular flexibility index (Phi) is 5.02. The first-order valence-corrected chi connectivity index (χ1v) is 7.44. The van der Waals surface area contributed by atoms with Crippen molar-refractivity contribution in [3.63, 3.8) is 0 Å². The maximum absolute atomic E-state index is 5.88. The number of hydrogen-bond donors (Lipinski definition) is 1. The van der Waals surface area contributed by atoms with Gasteiger partial charge in [0.05, 0.1) is 18.2 Å². The van der Waals surface area contributed by atoms with Gasteiger partial charge in [-0.25, -0.2) is 4.98 Å². The van der Waals surface area contributed by atoms with Gasteiger partial charge in [0.25, 0.3) is 0 Å². The molecule has 1 aromatic heterocycles. The van der Waals surface area contributed by atoms with E-state index in [1.165, 1.54) is 5.56 Å². The summed E-state index contributed by atoms with van der Waals surface area (Å²) < 4.78 is 7.97. The summed E-state index contributed by atoms with van der Waals surface area (Å²) in [5.74, 6) is 0.895. The molecule has 0 bridgehead atoms. The monoisotopic (exact) mass is 287 g/mol. The molecule has 0 fully saturated rings. The molecule has 4 heteroatoms. The zero-order chi connectivity index (χ0) is 15.3. The van der Waals surface area contributed by atoms with Crippen LogP contribution in [0.5, 0.6) is 5.75 Å². The summed E-state index contributed by atoms with van der Waals surface area (Å²) >= 11 is 0. The van der Waals surface area contributed by atoms with Gasteiger partial charge >= 0.3 is 0 Å². The van der Waals surface area contributed by atoms with Crippen molar-refractivity contribution >= 4 is 0 Å². The molecule has 0 amide bonds. The molecule has 2 aromatic rings. The molecule has 0 saturated heterocycles. The molecule has 0 aliphatic rings. The van der Waals surface area contributed by atoms with Gasteiger partial charge in [0.2, 0.25) is 0 Å². The zero-order valence-corrected chi connectivity index (χ0v) is 13.4. The van der Waals surface area contributed by atoms with E-state index in [0.29, 0.717) is 6.61 Å². The number of nitrogens with one attached hydrogen (secondary N) is 1. The molecule has 0 saturated carbocycles. The Morgan fingerprint density at radius 3 is 2.81 bits per heavy atom. The lowest BCUT2D eigenvalue weighted by atomic mass is 10.1. The second kappa shape index (κ2) is 6.76. The topological polar surface area (TPSA) is 39.1 Å². The van der Waals surface area contributed by atoms with E-state index in [0.717, 1.165) is 24.5 Å². The molecule has 1 heterocycles. The van der Waals surface area contributed by atoms with Crippen molar-refractivity contribution in [2.75, 3.05) is 0 Å². The second-order valence-corrected chi connectivity index (χ2v) is 6.21. The normalized spacial score (nSPS) is 11.6. The summed E-state index contributed by atoms with van der Waals surface area (Å²) in [7, 11) is 0. The average molecular weight is 287 g/mol. The van der Waals surface area contributed by atoms with E-state index in [-0.39, 0.29) is 5.54 Å². The molecule has 21 heavy (non-hydrogen) atoms. The van der Waals surface area contributed by atoms with Gasteiger partial charge in [-0.1, -0.05) is 12.1 Å². The lowest BCUT2D eigenvalue weighted by molar-refractivity contribution is 0.295. The molecular formula is C17H25N3O. The van der Waals surface area contributed by atoms with Crippen LogP contribution in [0.1, 0.15) is 39.0 Å². The Labute approximate surface area is 127 Å². The van der Waals surface area contributed by atoms with Crippen molar-refractivity contribution in [1.82, 2.24) is 14.9 Å². The minimum Gasteiger partial charge on any atom is -0.487 e. The van der Waals surface area contributed by atoms with E-state index in [9.17, 15) is 0 Å². The highest BCUT2D eigenvalue weighted by Crippen LogP contribution is 2.16. The van der Waals surface area contributed by atoms with Gasteiger partial charge in [-0.15, -0.1) is 0 Å². The van der Waals surface area contributed by atoms with E-state index in [4.69, 9.17) is 4.74 Å². The van der Waals surface area contributed by atoms with E-state index >= 15 is 0 Å². The minimum absolute atomic E-state index is 0.116. The fourth-order valence-electron chi connectivity index (χ4n) is 2.02. The second-order valence-electron chi connectivity index (χ2n) is 6.21. The van der Waals surface area contributed by atoms with E-state index < -0.39 is 0 Å². The van der Waals surface area contributed by atoms with Crippen molar-refractivity contribution in [3.8, 4) is 5.75 Å². The van der Waals surface area contributed by atoms with Crippen LogP contribution in [0.15, 0.2) is 36.8 Å². The first-order chi connectivity index (χ1) is 9.98. The van der Waals surface area contributed by atoms with Crippen LogP contribution in [0.3, 0.4) is 0 Å². The number of benzene rings is 1. The van der Waals surface area contributed by atoms with E-state index in [1.54, 1.807) is 0 Å². The maximum Gasteiger partial charge on any atom is 0.130 e. The first kappa shape index (κ1) is 15.6. The molecule has 2 rings (SSSR count). The number of ether oxygens (including phenoxy) is 1. The van der Waals surface area contributed by atoms with Crippen molar-refractivity contribution in [2.24, 2.45) is 0 Å². The molecule has 0 unspecified atom stereocenters. The molecular weight excluding hydrogens is 262 g/mol. The molecule has 0 radical (unpaired) electrons. The molecule has 0 spiro atoms. The number of aromatic nitrogens is 2. The van der Waals surface area contributed by atoms with Crippen molar-refractivity contribution in [2.45, 2.75) is 52.9 Å². The summed E-state index contributed by atoms with van der Waals surface area (Å²) in [6.45, 7) is 10.9. The average Bonchev–Trinajstić information content (AvgIpc) is 2.90. The third-order valence-electron chi connectivity index (χ3n) is 3.25. The summed E-state index contributed by atoms with van der Waals surface area (Å²) in [5.41, 5.74) is 2.44. The molecule has 1 aromatic carbocycles. The Bertz CT molecular complexity index is 569. The van der Waals surface area contributed by atoms with Crippen molar-refractivity contribution in [3.05, 3.63) is 48.0 Å². The van der Waals surface area contributed by atoms with Crippen LogP contribution in [-0.4, -0.2) is 15.1 Å². The highest BCUT2D eigenvalue weighted by Gasteiger charge is 2.08. The smallest absolute Gasteiger partial charge is 0.130 e. The predicted octanol–water partition coefficient (Wildman–Crippen LogP) is 3.37. The number of hydrogen-bond acceptors (Lipinski definition) is 3. The number of nitrogens with zero attached hydrogens (tertiary/aromatic N) is 2. The first-order valence-electron chi connectivity index (χ1n) is 7.44. The number of rotatable bonds is 6. The third kappa shape index (κ3) is 4.90. The Balaban J connectivity index is 1.95. The van der Waals surface area contributed by atoms with Gasteiger partial charge in [0.15, 0.2) is 0 Å². The highest BCUT2D eigenvalue weighted by molar-refractivity contribution is 5.28. The zero-order valence-electron chi connectivity index (χ0n) is 13.4. The third-order valence-corrected chi connectivity index (χ3v) is 3.25. The number of imidazole rings is 1. The van der Waals surface area contributed by atoms with Crippen LogP contribution in [-0.2, 0) is 19.7 Å². The summed E-state index contributed by atoms with van der Waals surface area (Å²) in [6, 6.07) is 8.23. The largest absolute Gasteiger partial charge is 0.487 e. The Hall–Kier alpha value is -1.81. The van der Waals surface area contributed by atoms with E-state index in [2.05, 4.69) is 54.7 Å². The molecule has 0 aliphatic carbocycles. The minimum atomic E-state index is 0.116. The van der Waals surface area contributed by atoms with Gasteiger partial charge in [0, 0.05) is 18.6 Å². The highest BCUT2D eigenvalue weighted by atomic mass is 16.5. The Morgan fingerprint density at radius 1 is 1.29 bits per heavy atom. The molecule has 1 N–H and O–H groups in total. The number of aryl methyl sites for hydroxylation is 1. The van der Waals surface area contributed by atoms with Gasteiger partial charge in [0.1, 0.15) is 12.4 Å². The van der Waals surface area contributed by atoms with Gasteiger partial charge in [-0.3, -0.25) is 0 Å².